The highest BCUT2D eigenvalue weighted by Crippen LogP contribution is 2.42. The minimum Gasteiger partial charge on any atom is -0.481 e. The Balaban J connectivity index is 0.000000229. The summed E-state index contributed by atoms with van der Waals surface area (Å²) >= 11 is 5.26. The normalized spacial score (nSPS) is 10.6. The van der Waals surface area contributed by atoms with Gasteiger partial charge in [-0.15, -0.1) is 0 Å². The highest BCUT2D eigenvalue weighted by atomic mass is 32.2. The smallest absolute Gasteiger partial charge is 0.303 e. The van der Waals surface area contributed by atoms with E-state index >= 15 is 0 Å². The maximum atomic E-state index is 11.1. The molecule has 0 aliphatic carbocycles. The van der Waals surface area contributed by atoms with E-state index in [4.69, 9.17) is 15.3 Å². The van der Waals surface area contributed by atoms with Crippen molar-refractivity contribution in [3.8, 4) is 0 Å². The lowest BCUT2D eigenvalue weighted by Crippen LogP contribution is -2.08. The van der Waals surface area contributed by atoms with Crippen LogP contribution in [-0.4, -0.2) is 33.2 Å². The van der Waals surface area contributed by atoms with Gasteiger partial charge < -0.3 is 15.3 Å². The van der Waals surface area contributed by atoms with E-state index in [9.17, 15) is 14.4 Å². The fourth-order valence-electron chi connectivity index (χ4n) is 6.87. The molecule has 0 bridgehead atoms. The van der Waals surface area contributed by atoms with Crippen molar-refractivity contribution in [1.82, 2.24) is 0 Å². The molecule has 6 aromatic rings. The van der Waals surface area contributed by atoms with Crippen molar-refractivity contribution < 1.29 is 29.7 Å². The molecule has 0 saturated carbocycles. The van der Waals surface area contributed by atoms with E-state index in [-0.39, 0.29) is 19.3 Å². The lowest BCUT2D eigenvalue weighted by Gasteiger charge is -2.23. The van der Waals surface area contributed by atoms with Crippen LogP contribution in [0.5, 0.6) is 0 Å². The van der Waals surface area contributed by atoms with Crippen molar-refractivity contribution in [3.63, 3.8) is 0 Å². The van der Waals surface area contributed by atoms with Crippen molar-refractivity contribution >= 4 is 53.2 Å². The molecule has 0 amide bonds. The molecule has 9 heteroatoms. The molecule has 63 heavy (non-hydrogen) atoms. The van der Waals surface area contributed by atoms with E-state index in [1.54, 1.807) is 35.3 Å². The first kappa shape index (κ1) is 50.4. The second kappa shape index (κ2) is 26.4. The standard InChI is InChI=1S/C26H34O4S.C16H15O2S.C12H8S/c1-15-13-14-16(2)25(17(15)3)31-26-19(5)18(4)21(9-7-11-23(27)28)22(20(26)6)10-8-12-24(29)30;17-16(18)8-4-5-13-9-11-15(12-10-13)19-14-6-2-1-3-7-14;1-3-7-11(8-4-1)13-12-9-5-2-6-10-12/h13-14H,7-12H2,1-6H3,(H,27,28)(H,29,30);2-3,6-7,9-12H,4-5,8H2,(H,17,18);3-10H. The SMILES string of the molecule is Cc1ccc(C)c(Sc2c(C)c(C)c(CCCC(=O)O)c(CCCC(=O)O)c2C)c1C.O=C(O)CCCc1ccc(Sc2cc[c]cc2)cc1.[c]1ccc(Sc2cc[c]cc2)cc1. The van der Waals surface area contributed by atoms with Crippen LogP contribution in [0.4, 0.5) is 0 Å². The zero-order valence-electron chi connectivity index (χ0n) is 37.0. The third-order valence-electron chi connectivity index (χ3n) is 10.5. The van der Waals surface area contributed by atoms with Gasteiger partial charge in [0.2, 0.25) is 0 Å². The Labute approximate surface area is 387 Å². The first-order chi connectivity index (χ1) is 30.2. The first-order valence-electron chi connectivity index (χ1n) is 21.1. The van der Waals surface area contributed by atoms with Gasteiger partial charge in [-0.3, -0.25) is 14.4 Å². The van der Waals surface area contributed by atoms with Gasteiger partial charge in [0.15, 0.2) is 0 Å². The largest absolute Gasteiger partial charge is 0.481 e. The predicted molar refractivity (Wildman–Crippen MR) is 258 cm³/mol. The molecule has 0 aromatic heterocycles. The molecule has 0 spiro atoms. The zero-order valence-corrected chi connectivity index (χ0v) is 39.5. The third kappa shape index (κ3) is 17.1. The number of carbonyl (C=O) groups is 3. The molecule has 0 aliphatic rings. The average Bonchev–Trinajstić information content (AvgIpc) is 3.26. The number of rotatable bonds is 18. The first-order valence-corrected chi connectivity index (χ1v) is 23.5. The summed E-state index contributed by atoms with van der Waals surface area (Å²) in [7, 11) is 0. The molecule has 0 heterocycles. The Kier molecular flexibility index (Phi) is 21.1. The molecule has 6 nitrogen and oxygen atoms in total. The number of hydrogen-bond donors (Lipinski definition) is 3. The van der Waals surface area contributed by atoms with Gasteiger partial charge in [0.05, 0.1) is 0 Å². The summed E-state index contributed by atoms with van der Waals surface area (Å²) in [5.74, 6) is -2.29. The van der Waals surface area contributed by atoms with Gasteiger partial charge >= 0.3 is 17.9 Å². The lowest BCUT2D eigenvalue weighted by atomic mass is 9.87. The minimum absolute atomic E-state index is 0.138. The number of carboxylic acid groups (broad SMARTS) is 3. The molecular weight excluding hydrogens is 841 g/mol. The number of benzene rings is 6. The number of hydrogen-bond acceptors (Lipinski definition) is 6. The Morgan fingerprint density at radius 1 is 0.413 bits per heavy atom. The molecule has 327 valence electrons. The van der Waals surface area contributed by atoms with Crippen molar-refractivity contribution in [2.45, 2.75) is 129 Å². The van der Waals surface area contributed by atoms with Crippen LogP contribution in [0, 0.1) is 59.7 Å². The third-order valence-corrected chi connectivity index (χ3v) is 14.2. The number of aliphatic carboxylic acids is 3. The Bertz CT molecular complexity index is 2340. The molecular formula is C54H57O6S3. The Morgan fingerprint density at radius 2 is 0.794 bits per heavy atom. The van der Waals surface area contributed by atoms with E-state index in [1.165, 1.54) is 79.4 Å². The van der Waals surface area contributed by atoms with E-state index < -0.39 is 17.9 Å². The Hall–Kier alpha value is -5.22. The molecule has 0 unspecified atom stereocenters. The van der Waals surface area contributed by atoms with Crippen LogP contribution in [0.2, 0.25) is 0 Å². The van der Waals surface area contributed by atoms with Crippen molar-refractivity contribution in [2.24, 2.45) is 0 Å². The van der Waals surface area contributed by atoms with Gasteiger partial charge in [-0.2, -0.15) is 0 Å². The van der Waals surface area contributed by atoms with E-state index in [1.807, 2.05) is 48.5 Å². The average molecular weight is 898 g/mol. The number of aryl methyl sites for hydroxylation is 3. The van der Waals surface area contributed by atoms with Crippen LogP contribution < -0.4 is 0 Å². The molecule has 6 aromatic carbocycles. The fourth-order valence-corrected chi connectivity index (χ4v) is 9.84. The number of carboxylic acids is 3. The van der Waals surface area contributed by atoms with Crippen molar-refractivity contribution in [1.29, 1.82) is 0 Å². The summed E-state index contributed by atoms with van der Waals surface area (Å²) in [6.07, 6.45) is 4.59. The van der Waals surface area contributed by atoms with E-state index in [2.05, 4.69) is 120 Å². The lowest BCUT2D eigenvalue weighted by molar-refractivity contribution is -0.138. The molecule has 0 saturated heterocycles. The van der Waals surface area contributed by atoms with Gasteiger partial charge in [0.1, 0.15) is 0 Å². The summed E-state index contributed by atoms with van der Waals surface area (Å²) in [5, 5.41) is 26.7. The molecule has 3 N–H and O–H groups in total. The maximum absolute atomic E-state index is 11.1. The van der Waals surface area contributed by atoms with Gasteiger partial charge in [0.25, 0.3) is 0 Å². The summed E-state index contributed by atoms with van der Waals surface area (Å²) in [6.45, 7) is 12.8. The Morgan fingerprint density at radius 3 is 1.22 bits per heavy atom. The van der Waals surface area contributed by atoms with Crippen LogP contribution in [0.3, 0.4) is 0 Å². The highest BCUT2D eigenvalue weighted by molar-refractivity contribution is 8.00. The van der Waals surface area contributed by atoms with Crippen LogP contribution in [-0.2, 0) is 33.6 Å². The van der Waals surface area contributed by atoms with Crippen LogP contribution >= 0.6 is 35.3 Å². The van der Waals surface area contributed by atoms with Crippen LogP contribution in [0.15, 0.2) is 139 Å². The van der Waals surface area contributed by atoms with Gasteiger partial charge in [-0.1, -0.05) is 95.9 Å². The van der Waals surface area contributed by atoms with E-state index in [0.29, 0.717) is 32.1 Å². The second-order valence-corrected chi connectivity index (χ2v) is 18.5. The second-order valence-electron chi connectivity index (χ2n) is 15.2. The van der Waals surface area contributed by atoms with Crippen molar-refractivity contribution in [3.05, 3.63) is 177 Å². The zero-order chi connectivity index (χ0) is 45.7. The molecule has 0 aliphatic heterocycles. The predicted octanol–water partition coefficient (Wildman–Crippen LogP) is 14.0. The molecule has 0 atom stereocenters. The molecule has 0 fully saturated rings. The quantitative estimate of drug-likeness (QED) is 0.0776. The topological polar surface area (TPSA) is 112 Å². The summed E-state index contributed by atoms with van der Waals surface area (Å²) in [6, 6.07) is 45.4. The molecule has 6 rings (SSSR count). The van der Waals surface area contributed by atoms with Crippen molar-refractivity contribution in [2.75, 3.05) is 0 Å². The van der Waals surface area contributed by atoms with Crippen LogP contribution in [0.1, 0.15) is 88.6 Å². The highest BCUT2D eigenvalue weighted by Gasteiger charge is 2.20. The summed E-state index contributed by atoms with van der Waals surface area (Å²) in [4.78, 5) is 39.9. The minimum atomic E-state index is -0.783. The summed E-state index contributed by atoms with van der Waals surface area (Å²) in [5.41, 5.74) is 11.0. The summed E-state index contributed by atoms with van der Waals surface area (Å²) < 4.78 is 0. The van der Waals surface area contributed by atoms with Gasteiger partial charge in [0, 0.05) is 48.6 Å². The monoisotopic (exact) mass is 897 g/mol. The van der Waals surface area contributed by atoms with E-state index in [0.717, 1.165) is 6.42 Å². The van der Waals surface area contributed by atoms with Gasteiger partial charge in [-0.05, 0) is 197 Å². The van der Waals surface area contributed by atoms with Crippen LogP contribution in [0.25, 0.3) is 0 Å². The fraction of sp³-hybridized carbons (Fsp3) is 0.278. The molecule has 3 radical (unpaired) electrons. The van der Waals surface area contributed by atoms with Gasteiger partial charge in [-0.25, -0.2) is 0 Å². The maximum Gasteiger partial charge on any atom is 0.303 e.